The molecule has 14 heteroatoms. The summed E-state index contributed by atoms with van der Waals surface area (Å²) in [6.07, 6.45) is 0.304. The van der Waals surface area contributed by atoms with E-state index in [4.69, 9.17) is 14.2 Å². The number of fused-ring (bicyclic) bond motifs is 1. The van der Waals surface area contributed by atoms with Crippen LogP contribution in [0.2, 0.25) is 0 Å². The largest absolute Gasteiger partial charge is 0.573 e. The molecule has 39 heavy (non-hydrogen) atoms. The summed E-state index contributed by atoms with van der Waals surface area (Å²) in [6.45, 7) is 2.65. The highest BCUT2D eigenvalue weighted by atomic mass is 19.4. The fourth-order valence-electron chi connectivity index (χ4n) is 4.42. The third kappa shape index (κ3) is 7.07. The van der Waals surface area contributed by atoms with Gasteiger partial charge in [0.05, 0.1) is 18.9 Å². The van der Waals surface area contributed by atoms with Gasteiger partial charge in [-0.05, 0) is 47.6 Å². The first-order valence-corrected chi connectivity index (χ1v) is 12.4. The number of anilines is 1. The van der Waals surface area contributed by atoms with Crippen molar-refractivity contribution < 1.29 is 37.0 Å². The molecule has 1 atom stereocenters. The lowest BCUT2D eigenvalue weighted by atomic mass is 10.1. The van der Waals surface area contributed by atoms with Crippen molar-refractivity contribution in [3.63, 3.8) is 0 Å². The number of nitrogens with zero attached hydrogens (tertiary/aromatic N) is 5. The van der Waals surface area contributed by atoms with Crippen LogP contribution < -0.4 is 19.1 Å². The van der Waals surface area contributed by atoms with E-state index in [1.807, 2.05) is 12.1 Å². The van der Waals surface area contributed by atoms with Crippen molar-refractivity contribution in [1.29, 1.82) is 0 Å². The van der Waals surface area contributed by atoms with E-state index in [0.29, 0.717) is 25.3 Å². The summed E-state index contributed by atoms with van der Waals surface area (Å²) < 4.78 is 59.9. The fourth-order valence-corrected chi connectivity index (χ4v) is 4.42. The molecule has 1 unspecified atom stereocenters. The molecule has 0 spiro atoms. The van der Waals surface area contributed by atoms with Crippen LogP contribution in [0.15, 0.2) is 48.8 Å². The van der Waals surface area contributed by atoms with Crippen molar-refractivity contribution in [2.24, 2.45) is 0 Å². The lowest BCUT2D eigenvalue weighted by Crippen LogP contribution is -2.37. The predicted molar refractivity (Wildman–Crippen MR) is 131 cm³/mol. The maximum absolute atomic E-state index is 12.3. The summed E-state index contributed by atoms with van der Waals surface area (Å²) >= 11 is 0. The first-order chi connectivity index (χ1) is 18.7. The molecule has 1 aromatic carbocycles. The molecular formula is C25H26F3N5O6. The van der Waals surface area contributed by atoms with Crippen molar-refractivity contribution in [2.75, 3.05) is 24.6 Å². The number of benzene rings is 1. The van der Waals surface area contributed by atoms with Gasteiger partial charge in [-0.1, -0.05) is 12.1 Å². The van der Waals surface area contributed by atoms with E-state index < -0.39 is 11.3 Å². The number of halogens is 3. The number of ether oxygens (including phenoxy) is 4. The van der Waals surface area contributed by atoms with Gasteiger partial charge in [0.2, 0.25) is 0 Å². The Bertz CT molecular complexity index is 1260. The summed E-state index contributed by atoms with van der Waals surface area (Å²) in [5.74, 6) is 0.915. The number of pyridine rings is 1. The molecule has 2 aromatic heterocycles. The van der Waals surface area contributed by atoms with Crippen LogP contribution >= 0.6 is 0 Å². The zero-order chi connectivity index (χ0) is 27.4. The van der Waals surface area contributed by atoms with E-state index in [2.05, 4.69) is 19.6 Å². The van der Waals surface area contributed by atoms with Crippen LogP contribution in [0.5, 0.6) is 17.5 Å². The third-order valence-electron chi connectivity index (χ3n) is 6.44. The van der Waals surface area contributed by atoms with Crippen LogP contribution in [-0.2, 0) is 17.9 Å². The van der Waals surface area contributed by atoms with Gasteiger partial charge in [-0.3, -0.25) is 4.57 Å². The van der Waals surface area contributed by atoms with Gasteiger partial charge in [0.1, 0.15) is 36.2 Å². The third-order valence-corrected chi connectivity index (χ3v) is 6.44. The average molecular weight is 550 g/mol. The van der Waals surface area contributed by atoms with Crippen LogP contribution in [0.4, 0.5) is 24.8 Å². The molecule has 11 nitrogen and oxygen atoms in total. The summed E-state index contributed by atoms with van der Waals surface area (Å²) in [4.78, 5) is 20.9. The number of alkyl halides is 3. The SMILES string of the molecule is O=[N+]([O-])c1cn2c(n1)OC(COc1ccc(N3CCC(OCc4ccc(OC(F)(F)F)cc4)CC3)nc1)CC2. The number of imidazole rings is 1. The Morgan fingerprint density at radius 3 is 2.46 bits per heavy atom. The molecule has 5 rings (SSSR count). The van der Waals surface area contributed by atoms with Crippen LogP contribution in [0, 0.1) is 10.1 Å². The van der Waals surface area contributed by atoms with Gasteiger partial charge in [0, 0.05) is 31.0 Å². The first-order valence-electron chi connectivity index (χ1n) is 12.4. The molecule has 208 valence electrons. The van der Waals surface area contributed by atoms with E-state index in [0.717, 1.165) is 37.3 Å². The van der Waals surface area contributed by atoms with E-state index >= 15 is 0 Å². The quantitative estimate of drug-likeness (QED) is 0.281. The van der Waals surface area contributed by atoms with Crippen LogP contribution in [-0.4, -0.2) is 57.7 Å². The monoisotopic (exact) mass is 549 g/mol. The fraction of sp³-hybridized carbons (Fsp3) is 0.440. The number of piperidine rings is 1. The van der Waals surface area contributed by atoms with Crippen molar-refractivity contribution in [3.8, 4) is 17.5 Å². The van der Waals surface area contributed by atoms with Crippen LogP contribution in [0.1, 0.15) is 24.8 Å². The summed E-state index contributed by atoms with van der Waals surface area (Å²) in [5.41, 5.74) is 0.773. The number of hydrogen-bond donors (Lipinski definition) is 0. The minimum absolute atomic E-state index is 0.0440. The van der Waals surface area contributed by atoms with Crippen LogP contribution in [0.25, 0.3) is 0 Å². The molecule has 0 amide bonds. The zero-order valence-corrected chi connectivity index (χ0v) is 20.7. The van der Waals surface area contributed by atoms with E-state index in [9.17, 15) is 23.3 Å². The van der Waals surface area contributed by atoms with E-state index in [1.54, 1.807) is 22.9 Å². The molecule has 2 aliphatic heterocycles. The molecule has 1 fully saturated rings. The van der Waals surface area contributed by atoms with Gasteiger partial charge in [-0.25, -0.2) is 4.98 Å². The lowest BCUT2D eigenvalue weighted by Gasteiger charge is -2.32. The van der Waals surface area contributed by atoms with Crippen molar-refractivity contribution in [1.82, 2.24) is 14.5 Å². The first kappa shape index (κ1) is 26.5. The molecule has 3 aromatic rings. The summed E-state index contributed by atoms with van der Waals surface area (Å²) in [5, 5.41) is 10.9. The van der Waals surface area contributed by atoms with E-state index in [1.165, 1.54) is 18.3 Å². The number of hydrogen-bond acceptors (Lipinski definition) is 9. The Hall–Kier alpha value is -4.07. The number of rotatable bonds is 9. The van der Waals surface area contributed by atoms with Gasteiger partial charge in [0.25, 0.3) is 0 Å². The second-order valence-corrected chi connectivity index (χ2v) is 9.21. The average Bonchev–Trinajstić information content (AvgIpc) is 3.35. The normalized spacial score (nSPS) is 17.8. The lowest BCUT2D eigenvalue weighted by molar-refractivity contribution is -0.389. The topological polar surface area (TPSA) is 114 Å². The number of nitro groups is 1. The molecule has 0 aliphatic carbocycles. The molecule has 0 saturated carbocycles. The number of aryl methyl sites for hydroxylation is 1. The Kier molecular flexibility index (Phi) is 7.72. The van der Waals surface area contributed by atoms with Crippen LogP contribution in [0.3, 0.4) is 0 Å². The highest BCUT2D eigenvalue weighted by molar-refractivity contribution is 5.41. The maximum Gasteiger partial charge on any atom is 0.573 e. The van der Waals surface area contributed by atoms with Crippen molar-refractivity contribution in [3.05, 3.63) is 64.5 Å². The minimum Gasteiger partial charge on any atom is -0.488 e. The zero-order valence-electron chi connectivity index (χ0n) is 20.7. The van der Waals surface area contributed by atoms with Gasteiger partial charge >= 0.3 is 18.2 Å². The van der Waals surface area contributed by atoms with Crippen molar-refractivity contribution >= 4 is 11.6 Å². The summed E-state index contributed by atoms with van der Waals surface area (Å²) in [7, 11) is 0. The minimum atomic E-state index is -4.71. The van der Waals surface area contributed by atoms with Gasteiger partial charge < -0.3 is 34.0 Å². The molecule has 2 aliphatic rings. The number of aromatic nitrogens is 3. The molecule has 0 N–H and O–H groups in total. The van der Waals surface area contributed by atoms with Gasteiger partial charge in [-0.2, -0.15) is 0 Å². The Labute approximate surface area is 221 Å². The maximum atomic E-state index is 12.3. The molecule has 0 bridgehead atoms. The van der Waals surface area contributed by atoms with Crippen molar-refractivity contribution in [2.45, 2.75) is 51.0 Å². The smallest absolute Gasteiger partial charge is 0.488 e. The predicted octanol–water partition coefficient (Wildman–Crippen LogP) is 4.50. The van der Waals surface area contributed by atoms with Gasteiger partial charge in [0.15, 0.2) is 0 Å². The molecular weight excluding hydrogens is 523 g/mol. The second-order valence-electron chi connectivity index (χ2n) is 9.21. The Morgan fingerprint density at radius 1 is 1.05 bits per heavy atom. The standard InChI is InChI=1S/C25H26F3N5O6/c26-25(27,28)39-19-3-1-17(2-4-19)15-36-18-7-10-31(11-8-18)22-6-5-20(13-29-22)37-16-21-9-12-32-14-23(33(34)35)30-24(32)38-21/h1-6,13-14,18,21H,7-12,15-16H2. The molecule has 0 radical (unpaired) electrons. The Balaban J connectivity index is 1.03. The van der Waals surface area contributed by atoms with Gasteiger partial charge in [-0.15, -0.1) is 13.2 Å². The Morgan fingerprint density at radius 2 is 1.79 bits per heavy atom. The highest BCUT2D eigenvalue weighted by Gasteiger charge is 2.31. The second kappa shape index (κ2) is 11.4. The van der Waals surface area contributed by atoms with E-state index in [-0.39, 0.29) is 36.4 Å². The highest BCUT2D eigenvalue weighted by Crippen LogP contribution is 2.26. The molecule has 4 heterocycles. The molecule has 1 saturated heterocycles. The summed E-state index contributed by atoms with van der Waals surface area (Å²) in [6, 6.07) is 9.62.